The summed E-state index contributed by atoms with van der Waals surface area (Å²) in [6.07, 6.45) is 0. The molecular weight excluding hydrogens is 442 g/mol. The van der Waals surface area contributed by atoms with Crippen molar-refractivity contribution < 1.29 is 22.7 Å². The molecule has 31 heavy (non-hydrogen) atoms. The van der Waals surface area contributed by atoms with E-state index in [0.29, 0.717) is 30.0 Å². The Morgan fingerprint density at radius 3 is 2.48 bits per heavy atom. The second kappa shape index (κ2) is 8.43. The number of halogens is 1. The van der Waals surface area contributed by atoms with Crippen molar-refractivity contribution in [2.24, 2.45) is 0 Å². The zero-order valence-corrected chi connectivity index (χ0v) is 18.1. The number of morpholine rings is 1. The first-order valence-electron chi connectivity index (χ1n) is 9.56. The number of amides is 2. The number of nitrogens with one attached hydrogen (secondary N) is 1. The fourth-order valence-electron chi connectivity index (χ4n) is 3.55. The molecule has 2 aromatic carbocycles. The summed E-state index contributed by atoms with van der Waals surface area (Å²) in [5.74, 6) is -0.790. The van der Waals surface area contributed by atoms with E-state index in [-0.39, 0.29) is 41.1 Å². The van der Waals surface area contributed by atoms with Crippen molar-refractivity contribution in [3.8, 4) is 0 Å². The molecule has 0 bridgehead atoms. The number of hydrogen-bond acceptors (Lipinski definition) is 5. The Kier molecular flexibility index (Phi) is 5.85. The van der Waals surface area contributed by atoms with Crippen LogP contribution in [0.3, 0.4) is 0 Å². The molecule has 0 unspecified atom stereocenters. The van der Waals surface area contributed by atoms with Crippen molar-refractivity contribution in [2.45, 2.75) is 4.90 Å². The van der Waals surface area contributed by atoms with Gasteiger partial charge in [-0.3, -0.25) is 14.5 Å². The van der Waals surface area contributed by atoms with Gasteiger partial charge in [0.15, 0.2) is 0 Å². The minimum absolute atomic E-state index is 0.0584. The van der Waals surface area contributed by atoms with E-state index in [4.69, 9.17) is 16.3 Å². The monoisotopic (exact) mass is 461 g/mol. The molecule has 0 aromatic heterocycles. The van der Waals surface area contributed by atoms with Gasteiger partial charge in [-0.25, -0.2) is 8.42 Å². The molecule has 1 N–H and O–H groups in total. The number of fused-ring (bicyclic) bond motifs is 1. The summed E-state index contributed by atoms with van der Waals surface area (Å²) in [7, 11) is -3.84. The van der Waals surface area contributed by atoms with E-state index >= 15 is 0 Å². The molecule has 4 rings (SSSR count). The van der Waals surface area contributed by atoms with Gasteiger partial charge in [-0.1, -0.05) is 36.4 Å². The number of anilines is 1. The lowest BCUT2D eigenvalue weighted by molar-refractivity contribution is -0.116. The summed E-state index contributed by atoms with van der Waals surface area (Å²) in [6.45, 7) is 4.74. The quantitative estimate of drug-likeness (QED) is 0.737. The van der Waals surface area contributed by atoms with Gasteiger partial charge in [-0.15, -0.1) is 0 Å². The van der Waals surface area contributed by atoms with Gasteiger partial charge in [0.2, 0.25) is 15.9 Å². The van der Waals surface area contributed by atoms with Crippen LogP contribution < -0.4 is 5.32 Å². The van der Waals surface area contributed by atoms with Gasteiger partial charge >= 0.3 is 0 Å². The van der Waals surface area contributed by atoms with Crippen LogP contribution in [-0.2, 0) is 19.6 Å². The van der Waals surface area contributed by atoms with Crippen LogP contribution in [0.2, 0.25) is 5.02 Å². The maximum Gasteiger partial charge on any atom is 0.259 e. The summed E-state index contributed by atoms with van der Waals surface area (Å²) in [6, 6.07) is 11.2. The number of rotatable bonds is 5. The van der Waals surface area contributed by atoms with Crippen LogP contribution >= 0.6 is 11.6 Å². The lowest BCUT2D eigenvalue weighted by atomic mass is 10.1. The second-order valence-electron chi connectivity index (χ2n) is 7.09. The zero-order chi connectivity index (χ0) is 22.2. The minimum atomic E-state index is -3.84. The Morgan fingerprint density at radius 1 is 1.13 bits per heavy atom. The van der Waals surface area contributed by atoms with E-state index in [1.54, 1.807) is 24.3 Å². The van der Waals surface area contributed by atoms with Crippen molar-refractivity contribution in [2.75, 3.05) is 38.2 Å². The number of nitrogens with zero attached hydrogens (tertiary/aromatic N) is 2. The summed E-state index contributed by atoms with van der Waals surface area (Å²) in [5.41, 5.74) is 1.88. The fraction of sp³-hybridized carbons (Fsp3) is 0.238. The Hall–Kier alpha value is -2.72. The van der Waals surface area contributed by atoms with Crippen LogP contribution in [0.15, 0.2) is 53.9 Å². The molecule has 0 radical (unpaired) electrons. The van der Waals surface area contributed by atoms with Gasteiger partial charge in [0.25, 0.3) is 5.91 Å². The lowest BCUT2D eigenvalue weighted by Gasteiger charge is -2.26. The molecule has 2 heterocycles. The normalized spacial score (nSPS) is 17.0. The molecule has 0 aliphatic carbocycles. The highest BCUT2D eigenvalue weighted by atomic mass is 35.5. The highest BCUT2D eigenvalue weighted by Gasteiger charge is 2.32. The fourth-order valence-corrected chi connectivity index (χ4v) is 5.46. The van der Waals surface area contributed by atoms with E-state index in [9.17, 15) is 18.0 Å². The molecular formula is C21H20ClN3O5S. The maximum atomic E-state index is 12.9. The Morgan fingerprint density at radius 2 is 1.81 bits per heavy atom. The third kappa shape index (κ3) is 4.09. The number of sulfonamides is 1. The maximum absolute atomic E-state index is 12.9. The number of carbonyl (C=O) groups excluding carboxylic acids is 2. The van der Waals surface area contributed by atoms with E-state index in [1.165, 1.54) is 27.4 Å². The van der Waals surface area contributed by atoms with Crippen LogP contribution in [0.25, 0.3) is 5.70 Å². The van der Waals surface area contributed by atoms with Crippen molar-refractivity contribution in [1.82, 2.24) is 9.21 Å². The summed E-state index contributed by atoms with van der Waals surface area (Å²) in [4.78, 5) is 26.4. The number of ether oxygens (including phenoxy) is 1. The molecule has 8 nitrogen and oxygen atoms in total. The van der Waals surface area contributed by atoms with Gasteiger partial charge < -0.3 is 10.1 Å². The molecule has 2 aliphatic heterocycles. The summed E-state index contributed by atoms with van der Waals surface area (Å²) < 4.78 is 32.4. The van der Waals surface area contributed by atoms with Crippen molar-refractivity contribution in [3.05, 3.63) is 65.2 Å². The number of benzene rings is 2. The van der Waals surface area contributed by atoms with Gasteiger partial charge in [-0.05, 0) is 24.3 Å². The van der Waals surface area contributed by atoms with Crippen LogP contribution in [0, 0.1) is 0 Å². The number of hydrogen-bond donors (Lipinski definition) is 1. The van der Waals surface area contributed by atoms with Crippen molar-refractivity contribution in [3.63, 3.8) is 0 Å². The average molecular weight is 462 g/mol. The van der Waals surface area contributed by atoms with Crippen LogP contribution in [0.5, 0.6) is 0 Å². The lowest BCUT2D eigenvalue weighted by Crippen LogP contribution is -2.40. The highest BCUT2D eigenvalue weighted by Crippen LogP contribution is 2.31. The Bertz CT molecular complexity index is 1140. The van der Waals surface area contributed by atoms with Gasteiger partial charge in [0.1, 0.15) is 11.4 Å². The Labute approximate surface area is 185 Å². The Balaban J connectivity index is 1.50. The highest BCUT2D eigenvalue weighted by molar-refractivity contribution is 7.89. The standard InChI is InChI=1S/C21H20ClN3O5S/c1-14-16-4-2-3-5-17(16)21(27)25(14)13-20(26)23-15-6-7-18(22)19(12-15)31(28,29)24-8-10-30-11-9-24/h2-7,12H,1,8-11,13H2,(H,23,26). The topological polar surface area (TPSA) is 96.0 Å². The molecule has 0 saturated carbocycles. The predicted octanol–water partition coefficient (Wildman–Crippen LogP) is 2.43. The summed E-state index contributed by atoms with van der Waals surface area (Å²) in [5, 5.41) is 2.70. The molecule has 10 heteroatoms. The third-order valence-corrected chi connectivity index (χ3v) is 7.52. The van der Waals surface area contributed by atoms with Crippen LogP contribution in [0.1, 0.15) is 15.9 Å². The largest absolute Gasteiger partial charge is 0.379 e. The molecule has 2 aromatic rings. The van der Waals surface area contributed by atoms with Gasteiger partial charge in [0.05, 0.1) is 18.2 Å². The van der Waals surface area contributed by atoms with Gasteiger partial charge in [-0.2, -0.15) is 4.31 Å². The molecule has 1 fully saturated rings. The van der Waals surface area contributed by atoms with Gasteiger partial charge in [0, 0.05) is 35.6 Å². The predicted molar refractivity (Wildman–Crippen MR) is 116 cm³/mol. The molecule has 162 valence electrons. The molecule has 2 aliphatic rings. The first kappa shape index (κ1) is 21.5. The zero-order valence-electron chi connectivity index (χ0n) is 16.5. The second-order valence-corrected chi connectivity index (χ2v) is 9.41. The van der Waals surface area contributed by atoms with E-state index in [1.807, 2.05) is 0 Å². The smallest absolute Gasteiger partial charge is 0.259 e. The molecule has 0 spiro atoms. The first-order chi connectivity index (χ1) is 14.8. The molecule has 2 amide bonds. The molecule has 0 atom stereocenters. The SMILES string of the molecule is C=C1c2ccccc2C(=O)N1CC(=O)Nc1ccc(Cl)c(S(=O)(=O)N2CCOCC2)c1. The molecule has 1 saturated heterocycles. The van der Waals surface area contributed by atoms with Crippen LogP contribution in [-0.4, -0.2) is 62.3 Å². The first-order valence-corrected chi connectivity index (χ1v) is 11.4. The van der Waals surface area contributed by atoms with E-state index in [0.717, 1.165) is 0 Å². The van der Waals surface area contributed by atoms with Crippen molar-refractivity contribution >= 4 is 44.8 Å². The third-order valence-electron chi connectivity index (χ3n) is 5.14. The van der Waals surface area contributed by atoms with Crippen LogP contribution in [0.4, 0.5) is 5.69 Å². The minimum Gasteiger partial charge on any atom is -0.379 e. The van der Waals surface area contributed by atoms with Crippen molar-refractivity contribution in [1.29, 1.82) is 0 Å². The summed E-state index contributed by atoms with van der Waals surface area (Å²) >= 11 is 6.15. The van der Waals surface area contributed by atoms with E-state index in [2.05, 4.69) is 11.9 Å². The van der Waals surface area contributed by atoms with E-state index < -0.39 is 15.9 Å². The number of carbonyl (C=O) groups is 2. The average Bonchev–Trinajstić information content (AvgIpc) is 3.00.